The number of thiazole rings is 1. The molecule has 2 heterocycles. The molecule has 0 atom stereocenters. The van der Waals surface area contributed by atoms with Crippen LogP contribution in [0.1, 0.15) is 12.1 Å². The third kappa shape index (κ3) is 3.42. The molecule has 1 aliphatic heterocycles. The number of hydrogen-bond donors (Lipinski definition) is 0. The van der Waals surface area contributed by atoms with Crippen molar-refractivity contribution < 1.29 is 9.31 Å². The Balaban J connectivity index is 1.79. The van der Waals surface area contributed by atoms with Gasteiger partial charge in [0.15, 0.2) is 5.13 Å². The lowest BCUT2D eigenvalue weighted by Crippen LogP contribution is -2.31. The summed E-state index contributed by atoms with van der Waals surface area (Å²) in [5.74, 6) is -0.588. The smallest absolute Gasteiger partial charge is 0.295 e. The van der Waals surface area contributed by atoms with Crippen molar-refractivity contribution in [2.45, 2.75) is 13.3 Å². The molecule has 0 spiro atoms. The predicted molar refractivity (Wildman–Crippen MR) is 88.9 cm³/mol. The summed E-state index contributed by atoms with van der Waals surface area (Å²) >= 11 is 1.61. The van der Waals surface area contributed by atoms with Crippen LogP contribution in [0.2, 0.25) is 0 Å². The van der Waals surface area contributed by atoms with Gasteiger partial charge in [-0.15, -0.1) is 11.3 Å². The zero-order valence-corrected chi connectivity index (χ0v) is 13.6. The summed E-state index contributed by atoms with van der Waals surface area (Å²) in [5.41, 5.74) is 1.30. The minimum atomic E-state index is -0.588. The van der Waals surface area contributed by atoms with Gasteiger partial charge < -0.3 is 9.80 Å². The molecule has 0 aliphatic carbocycles. The molecule has 0 bridgehead atoms. The minimum Gasteiger partial charge on any atom is -0.364 e. The number of benzene rings is 1. The van der Waals surface area contributed by atoms with Gasteiger partial charge in [-0.3, -0.25) is 10.1 Å². The Morgan fingerprint density at radius 2 is 2.00 bits per heavy atom. The molecule has 3 rings (SSSR count). The molecule has 0 saturated carbocycles. The molecule has 1 saturated heterocycles. The van der Waals surface area contributed by atoms with Gasteiger partial charge in [0.25, 0.3) is 5.69 Å². The topological polar surface area (TPSA) is 62.5 Å². The number of aryl methyl sites for hydroxylation is 1. The monoisotopic (exact) mass is 336 g/mol. The summed E-state index contributed by atoms with van der Waals surface area (Å²) < 4.78 is 13.3. The zero-order valence-electron chi connectivity index (χ0n) is 12.7. The molecule has 2 aromatic rings. The van der Waals surface area contributed by atoms with Crippen LogP contribution in [0.15, 0.2) is 23.6 Å². The van der Waals surface area contributed by atoms with Gasteiger partial charge in [0.2, 0.25) is 0 Å². The molecule has 1 fully saturated rings. The molecule has 1 aliphatic rings. The van der Waals surface area contributed by atoms with E-state index in [0.29, 0.717) is 18.8 Å². The number of aromatic nitrogens is 1. The van der Waals surface area contributed by atoms with Crippen LogP contribution in [-0.2, 0) is 0 Å². The van der Waals surface area contributed by atoms with Crippen molar-refractivity contribution in [2.24, 2.45) is 0 Å². The molecule has 122 valence electrons. The second kappa shape index (κ2) is 6.49. The van der Waals surface area contributed by atoms with Crippen molar-refractivity contribution in [3.63, 3.8) is 0 Å². The van der Waals surface area contributed by atoms with Gasteiger partial charge in [0.1, 0.15) is 11.5 Å². The molecule has 0 amide bonds. The molecule has 0 radical (unpaired) electrons. The summed E-state index contributed by atoms with van der Waals surface area (Å²) in [5, 5.41) is 14.2. The van der Waals surface area contributed by atoms with E-state index in [1.165, 1.54) is 12.1 Å². The number of rotatable bonds is 3. The Bertz CT molecular complexity index is 721. The molecular weight excluding hydrogens is 319 g/mol. The van der Waals surface area contributed by atoms with Crippen molar-refractivity contribution in [1.29, 1.82) is 0 Å². The summed E-state index contributed by atoms with van der Waals surface area (Å²) in [6.07, 6.45) is 0.868. The van der Waals surface area contributed by atoms with Crippen LogP contribution in [-0.4, -0.2) is 36.1 Å². The lowest BCUT2D eigenvalue weighted by Gasteiger charge is -2.23. The average Bonchev–Trinajstić information content (AvgIpc) is 2.81. The maximum atomic E-state index is 13.3. The van der Waals surface area contributed by atoms with E-state index in [2.05, 4.69) is 9.88 Å². The zero-order chi connectivity index (χ0) is 16.4. The summed E-state index contributed by atoms with van der Waals surface area (Å²) in [6, 6.07) is 3.76. The normalized spacial score (nSPS) is 15.6. The maximum Gasteiger partial charge on any atom is 0.295 e. The Morgan fingerprint density at radius 3 is 2.70 bits per heavy atom. The lowest BCUT2D eigenvalue weighted by molar-refractivity contribution is -0.384. The van der Waals surface area contributed by atoms with Gasteiger partial charge >= 0.3 is 0 Å². The maximum absolute atomic E-state index is 13.3. The van der Waals surface area contributed by atoms with E-state index in [0.717, 1.165) is 36.4 Å². The highest BCUT2D eigenvalue weighted by Gasteiger charge is 2.23. The molecule has 1 aromatic heterocycles. The summed E-state index contributed by atoms with van der Waals surface area (Å²) in [6.45, 7) is 4.91. The van der Waals surface area contributed by atoms with Crippen LogP contribution in [0.25, 0.3) is 0 Å². The number of halogens is 1. The van der Waals surface area contributed by atoms with Gasteiger partial charge in [-0.1, -0.05) is 0 Å². The van der Waals surface area contributed by atoms with Crippen molar-refractivity contribution in [2.75, 3.05) is 36.0 Å². The van der Waals surface area contributed by atoms with Crippen LogP contribution in [0.5, 0.6) is 0 Å². The SMILES string of the molecule is Cc1csc(N2CCCN(c3ccc(F)cc3[N+](=O)[O-])CC2)n1. The summed E-state index contributed by atoms with van der Waals surface area (Å²) in [4.78, 5) is 19.3. The van der Waals surface area contributed by atoms with Crippen molar-refractivity contribution in [3.05, 3.63) is 45.2 Å². The Morgan fingerprint density at radius 1 is 1.26 bits per heavy atom. The first-order valence-electron chi connectivity index (χ1n) is 7.40. The van der Waals surface area contributed by atoms with Crippen LogP contribution in [0.3, 0.4) is 0 Å². The van der Waals surface area contributed by atoms with Crippen LogP contribution in [0, 0.1) is 22.9 Å². The van der Waals surface area contributed by atoms with E-state index >= 15 is 0 Å². The number of nitrogens with zero attached hydrogens (tertiary/aromatic N) is 4. The minimum absolute atomic E-state index is 0.177. The van der Waals surface area contributed by atoms with Gasteiger partial charge in [-0.05, 0) is 25.5 Å². The lowest BCUT2D eigenvalue weighted by atomic mass is 10.2. The van der Waals surface area contributed by atoms with E-state index < -0.39 is 10.7 Å². The number of nitro benzene ring substituents is 1. The first-order valence-corrected chi connectivity index (χ1v) is 8.28. The van der Waals surface area contributed by atoms with Crippen molar-refractivity contribution in [3.8, 4) is 0 Å². The van der Waals surface area contributed by atoms with Gasteiger partial charge in [0.05, 0.1) is 16.7 Å². The molecular formula is C15H17FN4O2S. The van der Waals surface area contributed by atoms with Gasteiger partial charge in [-0.25, -0.2) is 9.37 Å². The number of hydrogen-bond acceptors (Lipinski definition) is 6. The molecule has 0 unspecified atom stereocenters. The second-order valence-corrected chi connectivity index (χ2v) is 6.33. The van der Waals surface area contributed by atoms with Gasteiger partial charge in [0, 0.05) is 31.6 Å². The third-order valence-electron chi connectivity index (χ3n) is 3.85. The first-order chi connectivity index (χ1) is 11.0. The Kier molecular flexibility index (Phi) is 4.42. The number of nitro groups is 1. The number of anilines is 2. The Labute approximate surface area is 137 Å². The van der Waals surface area contributed by atoms with E-state index in [1.807, 2.05) is 17.2 Å². The van der Waals surface area contributed by atoms with E-state index in [-0.39, 0.29) is 5.69 Å². The molecule has 1 aromatic carbocycles. The summed E-state index contributed by atoms with van der Waals surface area (Å²) in [7, 11) is 0. The standard InChI is InChI=1S/C15H17FN4O2S/c1-11-10-23-15(17-11)19-6-2-5-18(7-8-19)13-4-3-12(16)9-14(13)20(21)22/h3-4,9-10H,2,5-8H2,1H3. The second-order valence-electron chi connectivity index (χ2n) is 5.49. The quantitative estimate of drug-likeness (QED) is 0.636. The van der Waals surface area contributed by atoms with Crippen molar-refractivity contribution >= 4 is 27.8 Å². The van der Waals surface area contributed by atoms with Gasteiger partial charge in [-0.2, -0.15) is 0 Å². The van der Waals surface area contributed by atoms with Crippen LogP contribution in [0.4, 0.5) is 20.9 Å². The fraction of sp³-hybridized carbons (Fsp3) is 0.400. The average molecular weight is 336 g/mol. The molecule has 0 N–H and O–H groups in total. The largest absolute Gasteiger partial charge is 0.364 e. The predicted octanol–water partition coefficient (Wildman–Crippen LogP) is 3.22. The molecule has 6 nitrogen and oxygen atoms in total. The highest BCUT2D eigenvalue weighted by molar-refractivity contribution is 7.13. The highest BCUT2D eigenvalue weighted by atomic mass is 32.1. The molecule has 23 heavy (non-hydrogen) atoms. The first kappa shape index (κ1) is 15.7. The Hall–Kier alpha value is -2.22. The van der Waals surface area contributed by atoms with Crippen molar-refractivity contribution in [1.82, 2.24) is 4.98 Å². The van der Waals surface area contributed by atoms with E-state index in [1.54, 1.807) is 11.3 Å². The fourth-order valence-electron chi connectivity index (χ4n) is 2.75. The van der Waals surface area contributed by atoms with Crippen LogP contribution < -0.4 is 9.80 Å². The fourth-order valence-corrected chi connectivity index (χ4v) is 3.60. The van der Waals surface area contributed by atoms with Crippen LogP contribution >= 0.6 is 11.3 Å². The van der Waals surface area contributed by atoms with E-state index in [9.17, 15) is 14.5 Å². The molecule has 8 heteroatoms. The highest BCUT2D eigenvalue weighted by Crippen LogP contribution is 2.30. The van der Waals surface area contributed by atoms with E-state index in [4.69, 9.17) is 0 Å². The third-order valence-corrected chi connectivity index (χ3v) is 4.87.